The van der Waals surface area contributed by atoms with Gasteiger partial charge in [0.25, 0.3) is 0 Å². The van der Waals surface area contributed by atoms with E-state index in [2.05, 4.69) is 0 Å². The van der Waals surface area contributed by atoms with Crippen molar-refractivity contribution in [3.63, 3.8) is 0 Å². The van der Waals surface area contributed by atoms with Crippen molar-refractivity contribution >= 4 is 23.9 Å². The minimum atomic E-state index is -1.59. The maximum atomic E-state index is 11.1. The molecule has 0 aliphatic heterocycles. The van der Waals surface area contributed by atoms with Crippen LogP contribution in [0, 0.1) is 0 Å². The Morgan fingerprint density at radius 3 is 1.45 bits per heavy atom. The number of ether oxygens (including phenoxy) is 3. The van der Waals surface area contributed by atoms with E-state index in [9.17, 15) is 24.3 Å². The fraction of sp³-hybridized carbons (Fsp3) is 0.231. The molecule has 0 aliphatic rings. The molecule has 0 unspecified atom stereocenters. The first kappa shape index (κ1) is 20.1. The van der Waals surface area contributed by atoms with E-state index in [1.165, 1.54) is 0 Å². The molecule has 0 bridgehead atoms. The third-order valence-electron chi connectivity index (χ3n) is 2.01. The standard InChI is InChI=1S/C13H12O8.Na/c1-6(14)19-10-4-9(13(17)18)5-11(20-7(2)15)12(10)21-8(3)16;/h4-5H,1-3H3,(H,17,18);/q;+1/p-1. The summed E-state index contributed by atoms with van der Waals surface area (Å²) in [5.41, 5.74) is -0.418. The van der Waals surface area contributed by atoms with Crippen LogP contribution in [0.4, 0.5) is 0 Å². The number of carbonyl (C=O) groups is 4. The fourth-order valence-electron chi connectivity index (χ4n) is 1.40. The topological polar surface area (TPSA) is 119 Å². The van der Waals surface area contributed by atoms with Crippen LogP contribution in [0.5, 0.6) is 17.2 Å². The van der Waals surface area contributed by atoms with Gasteiger partial charge in [0.05, 0.1) is 5.97 Å². The zero-order valence-corrected chi connectivity index (χ0v) is 14.4. The number of rotatable bonds is 4. The van der Waals surface area contributed by atoms with Crippen LogP contribution in [0.1, 0.15) is 31.1 Å². The average Bonchev–Trinajstić information content (AvgIpc) is 2.30. The van der Waals surface area contributed by atoms with Crippen molar-refractivity contribution in [2.75, 3.05) is 0 Å². The molecule has 0 atom stereocenters. The zero-order valence-electron chi connectivity index (χ0n) is 12.4. The van der Waals surface area contributed by atoms with Crippen molar-refractivity contribution in [2.45, 2.75) is 20.8 Å². The van der Waals surface area contributed by atoms with Crippen LogP contribution in [0.25, 0.3) is 0 Å². The van der Waals surface area contributed by atoms with Gasteiger partial charge < -0.3 is 24.1 Å². The predicted molar refractivity (Wildman–Crippen MR) is 64.7 cm³/mol. The Hall–Kier alpha value is -1.90. The molecule has 0 N–H and O–H groups in total. The Labute approximate surface area is 147 Å². The summed E-state index contributed by atoms with van der Waals surface area (Å²) >= 11 is 0. The van der Waals surface area contributed by atoms with Gasteiger partial charge in [-0.05, 0) is 12.1 Å². The molecule has 0 aliphatic carbocycles. The van der Waals surface area contributed by atoms with Gasteiger partial charge in [-0.25, -0.2) is 0 Å². The Morgan fingerprint density at radius 1 is 0.818 bits per heavy atom. The van der Waals surface area contributed by atoms with Crippen LogP contribution >= 0.6 is 0 Å². The van der Waals surface area contributed by atoms with Gasteiger partial charge in [0.2, 0.25) is 5.75 Å². The maximum Gasteiger partial charge on any atom is 1.00 e. The third-order valence-corrected chi connectivity index (χ3v) is 2.01. The second-order valence-corrected chi connectivity index (χ2v) is 3.87. The average molecular weight is 318 g/mol. The number of carboxylic acid groups (broad SMARTS) is 1. The van der Waals surface area contributed by atoms with Gasteiger partial charge in [-0.3, -0.25) is 14.4 Å². The third kappa shape index (κ3) is 5.84. The Balaban J connectivity index is 0.00000441. The predicted octanol–water partition coefficient (Wildman–Crippen LogP) is -3.17. The van der Waals surface area contributed by atoms with Gasteiger partial charge >= 0.3 is 47.5 Å². The van der Waals surface area contributed by atoms with Crippen LogP contribution in [0.15, 0.2) is 12.1 Å². The van der Waals surface area contributed by atoms with Gasteiger partial charge in [-0.2, -0.15) is 0 Å². The molecule has 0 saturated carbocycles. The first-order valence-electron chi connectivity index (χ1n) is 5.65. The first-order valence-corrected chi connectivity index (χ1v) is 5.65. The Bertz CT molecular complexity index is 585. The number of aromatic carboxylic acids is 1. The molecule has 0 aromatic heterocycles. The quantitative estimate of drug-likeness (QED) is 0.324. The molecule has 0 radical (unpaired) electrons. The molecule has 1 aromatic carbocycles. The SMILES string of the molecule is CC(=O)Oc1cc(C(=O)[O-])cc(OC(C)=O)c1OC(C)=O.[Na+]. The molecule has 0 saturated heterocycles. The Morgan fingerprint density at radius 2 is 1.18 bits per heavy atom. The first-order chi connectivity index (χ1) is 9.70. The van der Waals surface area contributed by atoms with Crippen molar-refractivity contribution in [1.29, 1.82) is 0 Å². The second kappa shape index (κ2) is 8.52. The minimum Gasteiger partial charge on any atom is -0.545 e. The molecular formula is C13H11NaO8. The van der Waals surface area contributed by atoms with E-state index in [4.69, 9.17) is 14.2 Å². The van der Waals surface area contributed by atoms with E-state index in [1.54, 1.807) is 0 Å². The molecule has 9 heteroatoms. The fourth-order valence-corrected chi connectivity index (χ4v) is 1.40. The monoisotopic (exact) mass is 318 g/mol. The molecule has 0 amide bonds. The minimum absolute atomic E-state index is 0. The zero-order chi connectivity index (χ0) is 16.2. The molecule has 0 spiro atoms. The van der Waals surface area contributed by atoms with Gasteiger partial charge in [0, 0.05) is 26.3 Å². The molecule has 0 fully saturated rings. The molecule has 8 nitrogen and oxygen atoms in total. The molecule has 0 heterocycles. The van der Waals surface area contributed by atoms with Crippen LogP contribution in [0.2, 0.25) is 0 Å². The van der Waals surface area contributed by atoms with E-state index < -0.39 is 29.4 Å². The van der Waals surface area contributed by atoms with Crippen molar-refractivity contribution in [3.05, 3.63) is 17.7 Å². The van der Waals surface area contributed by atoms with Crippen molar-refractivity contribution < 1.29 is 68.1 Å². The summed E-state index contributed by atoms with van der Waals surface area (Å²) in [6.07, 6.45) is 0. The van der Waals surface area contributed by atoms with Crippen LogP contribution < -0.4 is 48.9 Å². The van der Waals surface area contributed by atoms with Crippen LogP contribution in [-0.4, -0.2) is 23.9 Å². The molecule has 22 heavy (non-hydrogen) atoms. The van der Waals surface area contributed by atoms with Gasteiger partial charge in [-0.1, -0.05) is 0 Å². The normalized spacial score (nSPS) is 9.23. The van der Waals surface area contributed by atoms with Gasteiger partial charge in [0.15, 0.2) is 11.5 Å². The number of hydrogen-bond acceptors (Lipinski definition) is 8. The van der Waals surface area contributed by atoms with E-state index in [0.717, 1.165) is 32.9 Å². The largest absolute Gasteiger partial charge is 1.00 e. The summed E-state index contributed by atoms with van der Waals surface area (Å²) in [5.74, 6) is -5.08. The smallest absolute Gasteiger partial charge is 0.545 e. The summed E-state index contributed by atoms with van der Waals surface area (Å²) in [5, 5.41) is 10.9. The van der Waals surface area contributed by atoms with E-state index in [0.29, 0.717) is 0 Å². The summed E-state index contributed by atoms with van der Waals surface area (Å²) in [6, 6.07) is 1.84. The van der Waals surface area contributed by atoms with Gasteiger partial charge in [0.1, 0.15) is 0 Å². The summed E-state index contributed by atoms with van der Waals surface area (Å²) in [7, 11) is 0. The number of esters is 3. The van der Waals surface area contributed by atoms with E-state index >= 15 is 0 Å². The van der Waals surface area contributed by atoms with Crippen molar-refractivity contribution in [3.8, 4) is 17.2 Å². The molecular weight excluding hydrogens is 307 g/mol. The van der Waals surface area contributed by atoms with E-state index in [1.807, 2.05) is 0 Å². The summed E-state index contributed by atoms with van der Waals surface area (Å²) in [4.78, 5) is 44.1. The summed E-state index contributed by atoms with van der Waals surface area (Å²) < 4.78 is 14.3. The van der Waals surface area contributed by atoms with Crippen LogP contribution in [-0.2, 0) is 14.4 Å². The summed E-state index contributed by atoms with van der Waals surface area (Å²) in [6.45, 7) is 3.20. The number of benzene rings is 1. The molecule has 1 rings (SSSR count). The number of carbonyl (C=O) groups excluding carboxylic acids is 4. The Kier molecular flexibility index (Phi) is 7.78. The number of hydrogen-bond donors (Lipinski definition) is 0. The van der Waals surface area contributed by atoms with Crippen molar-refractivity contribution in [2.24, 2.45) is 0 Å². The van der Waals surface area contributed by atoms with E-state index in [-0.39, 0.29) is 46.8 Å². The van der Waals surface area contributed by atoms with Crippen LogP contribution in [0.3, 0.4) is 0 Å². The molecule has 112 valence electrons. The van der Waals surface area contributed by atoms with Crippen molar-refractivity contribution in [1.82, 2.24) is 0 Å². The molecule has 1 aromatic rings. The number of carboxylic acids is 1. The van der Waals surface area contributed by atoms with Gasteiger partial charge in [-0.15, -0.1) is 0 Å². The second-order valence-electron chi connectivity index (χ2n) is 3.87. The maximum absolute atomic E-state index is 11.1.